The molecule has 0 spiro atoms. The van der Waals surface area contributed by atoms with Crippen molar-refractivity contribution in [2.45, 2.75) is 39.7 Å². The molecule has 4 N–H and O–H groups in total. The smallest absolute Gasteiger partial charge is 0.407 e. The highest BCUT2D eigenvalue weighted by molar-refractivity contribution is 6.31. The minimum Gasteiger partial charge on any atom is -0.444 e. The first-order chi connectivity index (χ1) is 9.73. The van der Waals surface area contributed by atoms with E-state index >= 15 is 0 Å². The van der Waals surface area contributed by atoms with Gasteiger partial charge in [-0.15, -0.1) is 0 Å². The monoisotopic (exact) mass is 313 g/mol. The Hall–Kier alpha value is -1.62. The number of halogens is 1. The van der Waals surface area contributed by atoms with E-state index in [4.69, 9.17) is 22.1 Å². The van der Waals surface area contributed by atoms with E-state index in [2.05, 4.69) is 10.6 Å². The minimum absolute atomic E-state index is 0.428. The number of anilines is 2. The summed E-state index contributed by atoms with van der Waals surface area (Å²) in [6.45, 7) is 8.50. The number of carbonyl (C=O) groups is 1. The summed E-state index contributed by atoms with van der Waals surface area (Å²) >= 11 is 6.08. The molecule has 118 valence electrons. The zero-order valence-electron chi connectivity index (χ0n) is 13.0. The molecule has 0 heterocycles. The van der Waals surface area contributed by atoms with Crippen LogP contribution in [0.25, 0.3) is 0 Å². The van der Waals surface area contributed by atoms with Crippen molar-refractivity contribution in [3.05, 3.63) is 22.7 Å². The van der Waals surface area contributed by atoms with E-state index in [0.717, 1.165) is 17.7 Å². The number of nitrogens with two attached hydrogens (primary N) is 1. The summed E-state index contributed by atoms with van der Waals surface area (Å²) in [5, 5.41) is 6.53. The number of hydrogen-bond donors (Lipinski definition) is 3. The predicted octanol–water partition coefficient (Wildman–Crippen LogP) is 3.42. The maximum atomic E-state index is 11.5. The average Bonchev–Trinajstić information content (AvgIpc) is 2.34. The third-order valence-corrected chi connectivity index (χ3v) is 3.06. The summed E-state index contributed by atoms with van der Waals surface area (Å²) in [6.07, 6.45) is 0.409. The fourth-order valence-electron chi connectivity index (χ4n) is 1.73. The maximum absolute atomic E-state index is 11.5. The lowest BCUT2D eigenvalue weighted by Crippen LogP contribution is -2.35. The van der Waals surface area contributed by atoms with Crippen LogP contribution in [0.2, 0.25) is 5.02 Å². The molecule has 6 heteroatoms. The molecular formula is C15H24ClN3O2. The number of aryl methyl sites for hydroxylation is 1. The summed E-state index contributed by atoms with van der Waals surface area (Å²) in [5.74, 6) is 0. The SMILES string of the molecule is CCc1cc(NCCNC(=O)OC(C)(C)C)c(N)cc1Cl. The molecule has 0 fully saturated rings. The Bertz CT molecular complexity index is 498. The number of hydrogen-bond acceptors (Lipinski definition) is 4. The number of amides is 1. The van der Waals surface area contributed by atoms with Crippen molar-refractivity contribution in [3.8, 4) is 0 Å². The molecule has 0 aliphatic rings. The van der Waals surface area contributed by atoms with Crippen LogP contribution >= 0.6 is 11.6 Å². The highest BCUT2D eigenvalue weighted by atomic mass is 35.5. The topological polar surface area (TPSA) is 76.4 Å². The second-order valence-electron chi connectivity index (χ2n) is 5.74. The van der Waals surface area contributed by atoms with E-state index in [1.165, 1.54) is 0 Å². The van der Waals surface area contributed by atoms with Crippen molar-refractivity contribution < 1.29 is 9.53 Å². The van der Waals surface area contributed by atoms with Gasteiger partial charge in [0.1, 0.15) is 5.60 Å². The van der Waals surface area contributed by atoms with Gasteiger partial charge in [-0.25, -0.2) is 4.79 Å². The van der Waals surface area contributed by atoms with Gasteiger partial charge in [-0.05, 0) is 44.9 Å². The Morgan fingerprint density at radius 2 is 2.00 bits per heavy atom. The third kappa shape index (κ3) is 6.12. The first-order valence-corrected chi connectivity index (χ1v) is 7.39. The Kier molecular flexibility index (Phi) is 6.15. The van der Waals surface area contributed by atoms with Gasteiger partial charge in [-0.1, -0.05) is 18.5 Å². The van der Waals surface area contributed by atoms with Crippen molar-refractivity contribution in [1.29, 1.82) is 0 Å². The molecule has 1 amide bonds. The fraction of sp³-hybridized carbons (Fsp3) is 0.533. The van der Waals surface area contributed by atoms with Crippen molar-refractivity contribution in [2.75, 3.05) is 24.1 Å². The normalized spacial score (nSPS) is 11.1. The third-order valence-electron chi connectivity index (χ3n) is 2.71. The van der Waals surface area contributed by atoms with Crippen LogP contribution in [0.15, 0.2) is 12.1 Å². The standard InChI is InChI=1S/C15H24ClN3O2/c1-5-10-8-13(12(17)9-11(10)16)18-6-7-19-14(20)21-15(2,3)4/h8-9,18H,5-7,17H2,1-4H3,(H,19,20). The van der Waals surface area contributed by atoms with Gasteiger partial charge in [0, 0.05) is 18.1 Å². The Morgan fingerprint density at radius 1 is 1.33 bits per heavy atom. The molecule has 0 saturated carbocycles. The van der Waals surface area contributed by atoms with Crippen LogP contribution in [0, 0.1) is 0 Å². The lowest BCUT2D eigenvalue weighted by Gasteiger charge is -2.20. The van der Waals surface area contributed by atoms with Crippen LogP contribution in [0.1, 0.15) is 33.3 Å². The molecule has 1 aromatic carbocycles. The van der Waals surface area contributed by atoms with Crippen LogP contribution < -0.4 is 16.4 Å². The van der Waals surface area contributed by atoms with Gasteiger partial charge in [0.25, 0.3) is 0 Å². The quantitative estimate of drug-likeness (QED) is 0.575. The highest BCUT2D eigenvalue weighted by Gasteiger charge is 2.15. The molecule has 1 rings (SSSR count). The van der Waals surface area contributed by atoms with E-state index < -0.39 is 11.7 Å². The molecule has 5 nitrogen and oxygen atoms in total. The van der Waals surface area contributed by atoms with Gasteiger partial charge in [-0.2, -0.15) is 0 Å². The molecule has 21 heavy (non-hydrogen) atoms. The number of rotatable bonds is 5. The highest BCUT2D eigenvalue weighted by Crippen LogP contribution is 2.27. The van der Waals surface area contributed by atoms with Crippen LogP contribution in [-0.4, -0.2) is 24.8 Å². The number of carbonyl (C=O) groups excluding carboxylic acids is 1. The number of nitrogens with one attached hydrogen (secondary N) is 2. The molecule has 0 aromatic heterocycles. The fourth-order valence-corrected chi connectivity index (χ4v) is 2.04. The molecule has 0 aliphatic heterocycles. The van der Waals surface area contributed by atoms with Gasteiger partial charge >= 0.3 is 6.09 Å². The van der Waals surface area contributed by atoms with Gasteiger partial charge < -0.3 is 21.1 Å². The van der Waals surface area contributed by atoms with Crippen LogP contribution in [0.3, 0.4) is 0 Å². The molecule has 0 atom stereocenters. The molecule has 0 bridgehead atoms. The lowest BCUT2D eigenvalue weighted by atomic mass is 10.1. The summed E-state index contributed by atoms with van der Waals surface area (Å²) in [4.78, 5) is 11.5. The summed E-state index contributed by atoms with van der Waals surface area (Å²) in [7, 11) is 0. The van der Waals surface area contributed by atoms with Gasteiger partial charge in [0.2, 0.25) is 0 Å². The van der Waals surface area contributed by atoms with E-state index in [1.807, 2.05) is 33.8 Å². The van der Waals surface area contributed by atoms with Crippen molar-refractivity contribution in [1.82, 2.24) is 5.32 Å². The summed E-state index contributed by atoms with van der Waals surface area (Å²) in [6, 6.07) is 3.68. The van der Waals surface area contributed by atoms with E-state index in [9.17, 15) is 4.79 Å². The second kappa shape index (κ2) is 7.41. The van der Waals surface area contributed by atoms with E-state index in [1.54, 1.807) is 6.07 Å². The summed E-state index contributed by atoms with van der Waals surface area (Å²) in [5.41, 5.74) is 7.87. The Balaban J connectivity index is 2.45. The molecule has 0 aliphatic carbocycles. The Morgan fingerprint density at radius 3 is 2.57 bits per heavy atom. The maximum Gasteiger partial charge on any atom is 0.407 e. The molecule has 1 aromatic rings. The van der Waals surface area contributed by atoms with Gasteiger partial charge in [0.15, 0.2) is 0 Å². The second-order valence-corrected chi connectivity index (χ2v) is 6.15. The van der Waals surface area contributed by atoms with Crippen molar-refractivity contribution in [3.63, 3.8) is 0 Å². The van der Waals surface area contributed by atoms with Crippen molar-refractivity contribution >= 4 is 29.1 Å². The zero-order chi connectivity index (χ0) is 16.0. The number of ether oxygens (including phenoxy) is 1. The minimum atomic E-state index is -0.492. The largest absolute Gasteiger partial charge is 0.444 e. The van der Waals surface area contributed by atoms with Crippen LogP contribution in [-0.2, 0) is 11.2 Å². The van der Waals surface area contributed by atoms with Crippen LogP contribution in [0.5, 0.6) is 0 Å². The van der Waals surface area contributed by atoms with Crippen molar-refractivity contribution in [2.24, 2.45) is 0 Å². The first-order valence-electron chi connectivity index (χ1n) is 7.01. The average molecular weight is 314 g/mol. The predicted molar refractivity (Wildman–Crippen MR) is 88.0 cm³/mol. The number of benzene rings is 1. The lowest BCUT2D eigenvalue weighted by molar-refractivity contribution is 0.0530. The van der Waals surface area contributed by atoms with Gasteiger partial charge in [0.05, 0.1) is 11.4 Å². The summed E-state index contributed by atoms with van der Waals surface area (Å²) < 4.78 is 5.15. The van der Waals surface area contributed by atoms with Gasteiger partial charge in [-0.3, -0.25) is 0 Å². The van der Waals surface area contributed by atoms with Crippen LogP contribution in [0.4, 0.5) is 16.2 Å². The number of alkyl carbamates (subject to hydrolysis) is 1. The molecular weight excluding hydrogens is 290 g/mol. The van der Waals surface area contributed by atoms with E-state index in [-0.39, 0.29) is 0 Å². The molecule has 0 saturated heterocycles. The zero-order valence-corrected chi connectivity index (χ0v) is 13.8. The Labute approximate surface area is 131 Å². The van der Waals surface area contributed by atoms with E-state index in [0.29, 0.717) is 23.8 Å². The number of nitrogen functional groups attached to an aromatic ring is 1. The first kappa shape index (κ1) is 17.4. The molecule has 0 unspecified atom stereocenters. The molecule has 0 radical (unpaired) electrons.